The fourth-order valence-electron chi connectivity index (χ4n) is 2.48. The molecule has 1 aromatic rings. The molecule has 6 nitrogen and oxygen atoms in total. The molecular weight excluding hydrogens is 408 g/mol. The molecule has 1 unspecified atom stereocenters. The van der Waals surface area contributed by atoms with Crippen LogP contribution in [0.15, 0.2) is 21.5 Å². The normalized spacial score (nSPS) is 17.6. The van der Waals surface area contributed by atoms with Gasteiger partial charge in [0.2, 0.25) is 10.0 Å². The number of ether oxygens (including phenoxy) is 2. The molecule has 1 heterocycles. The first-order valence-electron chi connectivity index (χ1n) is 7.10. The quantitative estimate of drug-likeness (QED) is 0.695. The molecule has 1 aromatic carbocycles. The van der Waals surface area contributed by atoms with Crippen molar-refractivity contribution in [3.8, 4) is 11.5 Å². The maximum absolute atomic E-state index is 12.5. The highest BCUT2D eigenvalue weighted by atomic mass is 79.9. The van der Waals surface area contributed by atoms with Crippen LogP contribution in [-0.4, -0.2) is 42.3 Å². The van der Waals surface area contributed by atoms with E-state index < -0.39 is 10.0 Å². The van der Waals surface area contributed by atoms with E-state index in [0.717, 1.165) is 25.9 Å². The number of methoxy groups -OCH3 is 2. The lowest BCUT2D eigenvalue weighted by Crippen LogP contribution is -2.27. The third-order valence-electron chi connectivity index (χ3n) is 3.73. The number of hydrogen-bond donors (Lipinski definition) is 2. The van der Waals surface area contributed by atoms with E-state index in [4.69, 9.17) is 9.47 Å². The number of sulfonamides is 1. The molecule has 0 amide bonds. The van der Waals surface area contributed by atoms with E-state index in [1.165, 1.54) is 20.3 Å². The van der Waals surface area contributed by atoms with Gasteiger partial charge in [0.1, 0.15) is 16.4 Å². The number of rotatable bonds is 7. The molecule has 0 aliphatic carbocycles. The van der Waals surface area contributed by atoms with Gasteiger partial charge in [0.25, 0.3) is 0 Å². The average molecular weight is 430 g/mol. The van der Waals surface area contributed by atoms with Crippen molar-refractivity contribution in [2.45, 2.75) is 17.7 Å². The lowest BCUT2D eigenvalue weighted by Gasteiger charge is -2.14. The van der Waals surface area contributed by atoms with E-state index in [1.807, 2.05) is 0 Å². The second-order valence-corrected chi connectivity index (χ2v) is 7.77. The fraction of sp³-hybridized carbons (Fsp3) is 0.571. The van der Waals surface area contributed by atoms with Crippen molar-refractivity contribution in [3.63, 3.8) is 0 Å². The van der Waals surface area contributed by atoms with Crippen molar-refractivity contribution in [2.75, 3.05) is 33.9 Å². The van der Waals surface area contributed by atoms with Gasteiger partial charge in [0.05, 0.1) is 18.7 Å². The van der Waals surface area contributed by atoms with E-state index in [0.29, 0.717) is 22.7 Å². The Hall–Kier alpha value is -0.540. The molecule has 0 saturated carbocycles. The summed E-state index contributed by atoms with van der Waals surface area (Å²) in [5.41, 5.74) is 0. The monoisotopic (exact) mass is 428 g/mol. The maximum atomic E-state index is 12.5. The summed E-state index contributed by atoms with van der Waals surface area (Å²) >= 11 is 3.32. The maximum Gasteiger partial charge on any atom is 0.244 e. The number of benzene rings is 1. The lowest BCUT2D eigenvalue weighted by molar-refractivity contribution is 0.390. The van der Waals surface area contributed by atoms with E-state index >= 15 is 0 Å². The van der Waals surface area contributed by atoms with Gasteiger partial charge < -0.3 is 14.8 Å². The molecule has 23 heavy (non-hydrogen) atoms. The van der Waals surface area contributed by atoms with Gasteiger partial charge in [-0.1, -0.05) is 0 Å². The molecule has 2 N–H and O–H groups in total. The Labute approximate surface area is 151 Å². The first kappa shape index (κ1) is 20.5. The number of nitrogens with one attached hydrogen (secondary N) is 2. The van der Waals surface area contributed by atoms with Gasteiger partial charge in [-0.2, -0.15) is 0 Å². The van der Waals surface area contributed by atoms with Crippen molar-refractivity contribution in [3.05, 3.63) is 16.6 Å². The van der Waals surface area contributed by atoms with Crippen LogP contribution in [-0.2, 0) is 10.0 Å². The topological polar surface area (TPSA) is 76.7 Å². The second kappa shape index (κ2) is 9.08. The lowest BCUT2D eigenvalue weighted by atomic mass is 10.1. The highest BCUT2D eigenvalue weighted by Gasteiger charge is 2.23. The molecule has 0 spiro atoms. The highest BCUT2D eigenvalue weighted by Crippen LogP contribution is 2.35. The zero-order valence-electron chi connectivity index (χ0n) is 13.1. The third kappa shape index (κ3) is 5.22. The molecular formula is C14H22BrClN2O4S. The van der Waals surface area contributed by atoms with Crippen LogP contribution < -0.4 is 19.5 Å². The minimum Gasteiger partial charge on any atom is -0.496 e. The molecule has 0 radical (unpaired) electrons. The molecule has 1 aliphatic heterocycles. The Balaban J connectivity index is 0.00000264. The summed E-state index contributed by atoms with van der Waals surface area (Å²) < 4.78 is 38.6. The summed E-state index contributed by atoms with van der Waals surface area (Å²) in [5, 5.41) is 3.27. The first-order chi connectivity index (χ1) is 10.5. The Morgan fingerprint density at radius 1 is 1.30 bits per heavy atom. The summed E-state index contributed by atoms with van der Waals surface area (Å²) in [5.74, 6) is 1.26. The average Bonchev–Trinajstić information content (AvgIpc) is 2.99. The minimum absolute atomic E-state index is 0. The smallest absolute Gasteiger partial charge is 0.244 e. The van der Waals surface area contributed by atoms with Gasteiger partial charge in [-0.05, 0) is 53.8 Å². The van der Waals surface area contributed by atoms with Gasteiger partial charge >= 0.3 is 0 Å². The van der Waals surface area contributed by atoms with Crippen molar-refractivity contribution < 1.29 is 17.9 Å². The van der Waals surface area contributed by atoms with E-state index in [2.05, 4.69) is 26.0 Å². The summed E-state index contributed by atoms with van der Waals surface area (Å²) in [6.45, 7) is 2.38. The van der Waals surface area contributed by atoms with Crippen molar-refractivity contribution in [1.29, 1.82) is 0 Å². The van der Waals surface area contributed by atoms with Crippen LogP contribution in [0, 0.1) is 5.92 Å². The first-order valence-corrected chi connectivity index (χ1v) is 9.37. The SMILES string of the molecule is COc1cc(S(=O)(=O)NCCC2CCNC2)c(OC)cc1Br.Cl. The molecule has 0 aromatic heterocycles. The molecule has 2 rings (SSSR count). The Morgan fingerprint density at radius 2 is 2.00 bits per heavy atom. The Morgan fingerprint density at radius 3 is 2.57 bits per heavy atom. The van der Waals surface area contributed by atoms with Crippen LogP contribution in [0.3, 0.4) is 0 Å². The van der Waals surface area contributed by atoms with Crippen molar-refractivity contribution in [2.24, 2.45) is 5.92 Å². The molecule has 1 fully saturated rings. The molecule has 132 valence electrons. The molecule has 1 atom stereocenters. The zero-order valence-corrected chi connectivity index (χ0v) is 16.3. The molecule has 0 bridgehead atoms. The predicted octanol–water partition coefficient (Wildman–Crippen LogP) is 2.17. The standard InChI is InChI=1S/C14H21BrN2O4S.ClH/c1-20-12-8-14(13(21-2)7-11(12)15)22(18,19)17-6-4-10-3-5-16-9-10;/h7-8,10,16-17H,3-6,9H2,1-2H3;1H. The Bertz CT molecular complexity index is 621. The van der Waals surface area contributed by atoms with Gasteiger partial charge in [0.15, 0.2) is 0 Å². The number of halogens is 2. The van der Waals surface area contributed by atoms with E-state index in [1.54, 1.807) is 6.07 Å². The zero-order chi connectivity index (χ0) is 16.2. The molecule has 1 saturated heterocycles. The van der Waals surface area contributed by atoms with Crippen molar-refractivity contribution in [1.82, 2.24) is 10.0 Å². The van der Waals surface area contributed by atoms with Gasteiger partial charge in [-0.25, -0.2) is 13.1 Å². The molecule has 1 aliphatic rings. The van der Waals surface area contributed by atoms with Gasteiger partial charge in [-0.3, -0.25) is 0 Å². The minimum atomic E-state index is -3.64. The summed E-state index contributed by atoms with van der Waals surface area (Å²) in [6, 6.07) is 3.05. The van der Waals surface area contributed by atoms with Crippen molar-refractivity contribution >= 4 is 38.4 Å². The summed E-state index contributed by atoms with van der Waals surface area (Å²) in [4.78, 5) is 0.0830. The van der Waals surface area contributed by atoms with Crippen LogP contribution in [0.1, 0.15) is 12.8 Å². The fourth-order valence-corrected chi connectivity index (χ4v) is 4.17. The summed E-state index contributed by atoms with van der Waals surface area (Å²) in [7, 11) is -0.709. The van der Waals surface area contributed by atoms with Crippen LogP contribution in [0.4, 0.5) is 0 Å². The highest BCUT2D eigenvalue weighted by molar-refractivity contribution is 9.10. The third-order valence-corrected chi connectivity index (χ3v) is 5.84. The summed E-state index contributed by atoms with van der Waals surface area (Å²) in [6.07, 6.45) is 1.92. The van der Waals surface area contributed by atoms with E-state index in [9.17, 15) is 8.42 Å². The van der Waals surface area contributed by atoms with Gasteiger partial charge in [0, 0.05) is 12.6 Å². The van der Waals surface area contributed by atoms with Crippen LogP contribution in [0.25, 0.3) is 0 Å². The van der Waals surface area contributed by atoms with Crippen LogP contribution >= 0.6 is 28.3 Å². The van der Waals surface area contributed by atoms with Crippen LogP contribution in [0.5, 0.6) is 11.5 Å². The largest absolute Gasteiger partial charge is 0.496 e. The number of hydrogen-bond acceptors (Lipinski definition) is 5. The van der Waals surface area contributed by atoms with E-state index in [-0.39, 0.29) is 23.1 Å². The van der Waals surface area contributed by atoms with Crippen LogP contribution in [0.2, 0.25) is 0 Å². The molecule has 9 heteroatoms. The predicted molar refractivity (Wildman–Crippen MR) is 95.3 cm³/mol. The Kier molecular flexibility index (Phi) is 8.09. The second-order valence-electron chi connectivity index (χ2n) is 5.18. The van der Waals surface area contributed by atoms with Gasteiger partial charge in [-0.15, -0.1) is 12.4 Å².